The van der Waals surface area contributed by atoms with Gasteiger partial charge in [0.1, 0.15) is 10.6 Å². The van der Waals surface area contributed by atoms with Crippen LogP contribution in [0.25, 0.3) is 0 Å². The number of hydrogen-bond donors (Lipinski definition) is 2. The molecule has 1 aromatic rings. The van der Waals surface area contributed by atoms with Crippen LogP contribution in [0.2, 0.25) is 0 Å². The molecule has 0 bridgehead atoms. The quantitative estimate of drug-likeness (QED) is 0.849. The van der Waals surface area contributed by atoms with Crippen LogP contribution < -0.4 is 4.72 Å². The summed E-state index contributed by atoms with van der Waals surface area (Å²) in [5, 5.41) is 9.54. The third kappa shape index (κ3) is 3.44. The largest absolute Gasteiger partial charge is 0.507 e. The molecule has 0 radical (unpaired) electrons. The Balaban J connectivity index is 2.94. The number of nitrogens with one attached hydrogen (secondary N) is 1. The molecule has 0 heterocycles. The molecule has 0 aliphatic heterocycles. The molecular weight excluding hydrogens is 238 g/mol. The second-order valence-corrected chi connectivity index (χ2v) is 5.95. The van der Waals surface area contributed by atoms with E-state index in [1.807, 2.05) is 20.8 Å². The predicted octanol–water partition coefficient (Wildman–Crippen LogP) is 2.11. The molecule has 0 saturated carbocycles. The van der Waals surface area contributed by atoms with Gasteiger partial charge in [-0.25, -0.2) is 13.1 Å². The van der Waals surface area contributed by atoms with E-state index < -0.39 is 10.0 Å². The third-order valence-electron chi connectivity index (χ3n) is 2.99. The summed E-state index contributed by atoms with van der Waals surface area (Å²) in [6, 6.07) is 5.77. The number of sulfonamides is 1. The van der Waals surface area contributed by atoms with Gasteiger partial charge in [-0.05, 0) is 25.0 Å². The van der Waals surface area contributed by atoms with Crippen molar-refractivity contribution in [3.63, 3.8) is 0 Å². The number of phenols is 1. The van der Waals surface area contributed by atoms with Crippen LogP contribution >= 0.6 is 0 Å². The Kier molecular flexibility index (Phi) is 4.54. The maximum absolute atomic E-state index is 12.0. The zero-order chi connectivity index (χ0) is 13.1. The first kappa shape index (κ1) is 14.0. The van der Waals surface area contributed by atoms with E-state index >= 15 is 0 Å². The van der Waals surface area contributed by atoms with Crippen LogP contribution in [0.5, 0.6) is 5.75 Å². The molecule has 4 nitrogen and oxygen atoms in total. The molecule has 1 rings (SSSR count). The Bertz CT molecular complexity index is 470. The molecule has 2 atom stereocenters. The van der Waals surface area contributed by atoms with Crippen molar-refractivity contribution in [3.05, 3.63) is 24.3 Å². The van der Waals surface area contributed by atoms with E-state index in [-0.39, 0.29) is 22.6 Å². The highest BCUT2D eigenvalue weighted by Crippen LogP contribution is 2.22. The van der Waals surface area contributed by atoms with E-state index in [0.717, 1.165) is 6.42 Å². The highest BCUT2D eigenvalue weighted by Gasteiger charge is 2.22. The molecular formula is C12H19NO3S. The van der Waals surface area contributed by atoms with Gasteiger partial charge in [0, 0.05) is 6.04 Å². The van der Waals surface area contributed by atoms with Gasteiger partial charge in [-0.1, -0.05) is 32.4 Å². The molecule has 0 saturated heterocycles. The van der Waals surface area contributed by atoms with Gasteiger partial charge < -0.3 is 5.11 Å². The first-order valence-corrected chi connectivity index (χ1v) is 7.17. The topological polar surface area (TPSA) is 66.4 Å². The Labute approximate surface area is 103 Å². The first-order valence-electron chi connectivity index (χ1n) is 5.68. The lowest BCUT2D eigenvalue weighted by Crippen LogP contribution is -2.36. The second kappa shape index (κ2) is 5.51. The zero-order valence-corrected chi connectivity index (χ0v) is 11.2. The molecule has 5 heteroatoms. The molecule has 17 heavy (non-hydrogen) atoms. The number of aromatic hydroxyl groups is 1. The molecule has 1 aromatic carbocycles. The van der Waals surface area contributed by atoms with E-state index in [0.29, 0.717) is 0 Å². The summed E-state index contributed by atoms with van der Waals surface area (Å²) in [6.45, 7) is 5.82. The predicted molar refractivity (Wildman–Crippen MR) is 67.3 cm³/mol. The molecule has 0 fully saturated rings. The van der Waals surface area contributed by atoms with Crippen molar-refractivity contribution < 1.29 is 13.5 Å². The first-order chi connectivity index (χ1) is 7.88. The van der Waals surface area contributed by atoms with Crippen molar-refractivity contribution in [2.75, 3.05) is 0 Å². The fourth-order valence-electron chi connectivity index (χ4n) is 1.46. The summed E-state index contributed by atoms with van der Waals surface area (Å²) < 4.78 is 26.6. The van der Waals surface area contributed by atoms with Crippen molar-refractivity contribution in [3.8, 4) is 5.75 Å². The van der Waals surface area contributed by atoms with Gasteiger partial charge >= 0.3 is 0 Å². The third-order valence-corrected chi connectivity index (χ3v) is 4.60. The molecule has 0 aromatic heterocycles. The van der Waals surface area contributed by atoms with Crippen molar-refractivity contribution in [2.45, 2.75) is 38.1 Å². The van der Waals surface area contributed by atoms with Gasteiger partial charge in [-0.2, -0.15) is 0 Å². The van der Waals surface area contributed by atoms with Crippen LogP contribution in [0, 0.1) is 5.92 Å². The highest BCUT2D eigenvalue weighted by atomic mass is 32.2. The van der Waals surface area contributed by atoms with Gasteiger partial charge in [0.25, 0.3) is 0 Å². The van der Waals surface area contributed by atoms with E-state index in [2.05, 4.69) is 4.72 Å². The van der Waals surface area contributed by atoms with Crippen molar-refractivity contribution in [1.29, 1.82) is 0 Å². The normalized spacial score (nSPS) is 15.5. The standard InChI is InChI=1S/C12H19NO3S/c1-4-9(2)10(3)13-17(15,16)12-8-6-5-7-11(12)14/h5-10,13-14H,4H2,1-3H3. The minimum Gasteiger partial charge on any atom is -0.507 e. The lowest BCUT2D eigenvalue weighted by atomic mass is 10.0. The fourth-order valence-corrected chi connectivity index (χ4v) is 2.91. The number of benzene rings is 1. The second-order valence-electron chi connectivity index (χ2n) is 4.26. The summed E-state index contributed by atoms with van der Waals surface area (Å²) in [5.41, 5.74) is 0. The Morgan fingerprint density at radius 3 is 2.41 bits per heavy atom. The maximum Gasteiger partial charge on any atom is 0.244 e. The average molecular weight is 257 g/mol. The number of phenolic OH excluding ortho intramolecular Hbond substituents is 1. The lowest BCUT2D eigenvalue weighted by Gasteiger charge is -2.20. The summed E-state index contributed by atoms with van der Waals surface area (Å²) in [5.74, 6) is 0.0204. The molecule has 2 unspecified atom stereocenters. The van der Waals surface area contributed by atoms with Crippen LogP contribution in [0.15, 0.2) is 29.2 Å². The summed E-state index contributed by atoms with van der Waals surface area (Å²) >= 11 is 0. The van der Waals surface area contributed by atoms with Gasteiger partial charge in [-0.3, -0.25) is 0 Å². The molecule has 0 amide bonds. The molecule has 96 valence electrons. The Hall–Kier alpha value is -1.07. The summed E-state index contributed by atoms with van der Waals surface area (Å²) in [4.78, 5) is -0.0739. The van der Waals surface area contributed by atoms with Crippen LogP contribution in [0.4, 0.5) is 0 Å². The zero-order valence-electron chi connectivity index (χ0n) is 10.3. The van der Waals surface area contributed by atoms with Gasteiger partial charge in [0.15, 0.2) is 0 Å². The maximum atomic E-state index is 12.0. The van der Waals surface area contributed by atoms with E-state index in [1.165, 1.54) is 12.1 Å². The van der Waals surface area contributed by atoms with Crippen LogP contribution in [-0.2, 0) is 10.0 Å². The van der Waals surface area contributed by atoms with Crippen LogP contribution in [0.1, 0.15) is 27.2 Å². The van der Waals surface area contributed by atoms with Gasteiger partial charge in [-0.15, -0.1) is 0 Å². The molecule has 0 aliphatic carbocycles. The smallest absolute Gasteiger partial charge is 0.244 e. The number of hydrogen-bond acceptors (Lipinski definition) is 3. The fraction of sp³-hybridized carbons (Fsp3) is 0.500. The highest BCUT2D eigenvalue weighted by molar-refractivity contribution is 7.89. The average Bonchev–Trinajstić information content (AvgIpc) is 2.27. The van der Waals surface area contributed by atoms with E-state index in [9.17, 15) is 13.5 Å². The SMILES string of the molecule is CCC(C)C(C)NS(=O)(=O)c1ccccc1O. The number of para-hydroxylation sites is 1. The van der Waals surface area contributed by atoms with E-state index in [4.69, 9.17) is 0 Å². The molecule has 0 aliphatic rings. The van der Waals surface area contributed by atoms with Crippen molar-refractivity contribution >= 4 is 10.0 Å². The minimum absolute atomic E-state index is 0.0739. The summed E-state index contributed by atoms with van der Waals surface area (Å²) in [6.07, 6.45) is 0.893. The monoisotopic (exact) mass is 257 g/mol. The number of rotatable bonds is 5. The Morgan fingerprint density at radius 1 is 1.29 bits per heavy atom. The molecule has 2 N–H and O–H groups in total. The molecule has 0 spiro atoms. The summed E-state index contributed by atoms with van der Waals surface area (Å²) in [7, 11) is -3.65. The van der Waals surface area contributed by atoms with Gasteiger partial charge in [0.2, 0.25) is 10.0 Å². The van der Waals surface area contributed by atoms with Crippen molar-refractivity contribution in [1.82, 2.24) is 4.72 Å². The van der Waals surface area contributed by atoms with E-state index in [1.54, 1.807) is 12.1 Å². The van der Waals surface area contributed by atoms with Crippen LogP contribution in [0.3, 0.4) is 0 Å². The Morgan fingerprint density at radius 2 is 1.88 bits per heavy atom. The minimum atomic E-state index is -3.65. The van der Waals surface area contributed by atoms with Crippen molar-refractivity contribution in [2.24, 2.45) is 5.92 Å². The van der Waals surface area contributed by atoms with Gasteiger partial charge in [0.05, 0.1) is 0 Å². The lowest BCUT2D eigenvalue weighted by molar-refractivity contribution is 0.429. The van der Waals surface area contributed by atoms with Crippen LogP contribution in [-0.4, -0.2) is 19.6 Å².